The van der Waals surface area contributed by atoms with E-state index in [1.54, 1.807) is 6.92 Å². The first-order valence-electron chi connectivity index (χ1n) is 5.02. The smallest absolute Gasteiger partial charge is 0.203 e. The molecule has 80 valence electrons. The SMILES string of the molecule is CC(O)CNc1nc2ccccc2n1C. The van der Waals surface area contributed by atoms with Gasteiger partial charge in [0.1, 0.15) is 0 Å². The van der Waals surface area contributed by atoms with Gasteiger partial charge < -0.3 is 15.0 Å². The molecule has 0 amide bonds. The van der Waals surface area contributed by atoms with Crippen molar-refractivity contribution in [2.24, 2.45) is 7.05 Å². The van der Waals surface area contributed by atoms with Crippen LogP contribution in [0.4, 0.5) is 5.95 Å². The number of anilines is 1. The van der Waals surface area contributed by atoms with Gasteiger partial charge in [-0.15, -0.1) is 0 Å². The van der Waals surface area contributed by atoms with Crippen molar-refractivity contribution in [3.63, 3.8) is 0 Å². The van der Waals surface area contributed by atoms with Gasteiger partial charge in [0.05, 0.1) is 17.1 Å². The van der Waals surface area contributed by atoms with Gasteiger partial charge in [-0.25, -0.2) is 4.98 Å². The van der Waals surface area contributed by atoms with Gasteiger partial charge in [-0.05, 0) is 19.1 Å². The first kappa shape index (κ1) is 9.98. The van der Waals surface area contributed by atoms with Crippen molar-refractivity contribution in [3.8, 4) is 0 Å². The molecule has 2 N–H and O–H groups in total. The lowest BCUT2D eigenvalue weighted by molar-refractivity contribution is 0.208. The van der Waals surface area contributed by atoms with E-state index in [1.165, 1.54) is 0 Å². The van der Waals surface area contributed by atoms with Crippen LogP contribution in [0.25, 0.3) is 11.0 Å². The highest BCUT2D eigenvalue weighted by Gasteiger charge is 2.06. The largest absolute Gasteiger partial charge is 0.392 e. The summed E-state index contributed by atoms with van der Waals surface area (Å²) in [6, 6.07) is 7.95. The zero-order valence-corrected chi connectivity index (χ0v) is 8.94. The molecule has 0 fully saturated rings. The van der Waals surface area contributed by atoms with Gasteiger partial charge in [0, 0.05) is 13.6 Å². The topological polar surface area (TPSA) is 50.1 Å². The maximum atomic E-state index is 9.18. The van der Waals surface area contributed by atoms with Crippen molar-refractivity contribution in [1.29, 1.82) is 0 Å². The number of aromatic nitrogens is 2. The molecule has 1 aromatic carbocycles. The number of imidazole rings is 1. The van der Waals surface area contributed by atoms with Gasteiger partial charge >= 0.3 is 0 Å². The Bertz CT molecular complexity index is 462. The van der Waals surface area contributed by atoms with Crippen molar-refractivity contribution in [2.45, 2.75) is 13.0 Å². The fraction of sp³-hybridized carbons (Fsp3) is 0.364. The molecular weight excluding hydrogens is 190 g/mol. The lowest BCUT2D eigenvalue weighted by Gasteiger charge is -2.07. The first-order valence-corrected chi connectivity index (χ1v) is 5.02. The molecule has 0 aliphatic rings. The van der Waals surface area contributed by atoms with Gasteiger partial charge in [0.2, 0.25) is 5.95 Å². The number of nitrogens with zero attached hydrogens (tertiary/aromatic N) is 2. The number of nitrogens with one attached hydrogen (secondary N) is 1. The van der Waals surface area contributed by atoms with Crippen LogP contribution in [-0.4, -0.2) is 27.3 Å². The summed E-state index contributed by atoms with van der Waals surface area (Å²) in [5.41, 5.74) is 2.05. The standard InChI is InChI=1S/C11H15N3O/c1-8(15)7-12-11-13-9-5-3-4-6-10(9)14(11)2/h3-6,8,15H,7H2,1-2H3,(H,12,13). The molecule has 0 spiro atoms. The van der Waals surface area contributed by atoms with Crippen LogP contribution in [0.2, 0.25) is 0 Å². The third kappa shape index (κ3) is 1.94. The number of hydrogen-bond donors (Lipinski definition) is 2. The lowest BCUT2D eigenvalue weighted by atomic mass is 10.3. The molecule has 2 aromatic rings. The second-order valence-corrected chi connectivity index (χ2v) is 3.71. The molecule has 4 heteroatoms. The third-order valence-corrected chi connectivity index (χ3v) is 2.34. The molecule has 0 aliphatic carbocycles. The molecule has 0 bridgehead atoms. The quantitative estimate of drug-likeness (QED) is 0.795. The maximum Gasteiger partial charge on any atom is 0.203 e. The Kier molecular flexibility index (Phi) is 2.60. The highest BCUT2D eigenvalue weighted by Crippen LogP contribution is 2.17. The summed E-state index contributed by atoms with van der Waals surface area (Å²) in [6.07, 6.45) is -0.371. The second kappa shape index (κ2) is 3.90. The van der Waals surface area contributed by atoms with Crippen LogP contribution in [-0.2, 0) is 7.05 Å². The van der Waals surface area contributed by atoms with E-state index >= 15 is 0 Å². The summed E-state index contributed by atoms with van der Waals surface area (Å²) < 4.78 is 1.98. The Morgan fingerprint density at radius 2 is 2.20 bits per heavy atom. The molecule has 1 heterocycles. The van der Waals surface area contributed by atoms with Crippen LogP contribution in [0.5, 0.6) is 0 Å². The Hall–Kier alpha value is -1.55. The fourth-order valence-electron chi connectivity index (χ4n) is 1.54. The van der Waals surface area contributed by atoms with E-state index in [2.05, 4.69) is 10.3 Å². The summed E-state index contributed by atoms with van der Waals surface area (Å²) in [6.45, 7) is 2.26. The predicted molar refractivity (Wildman–Crippen MR) is 60.9 cm³/mol. The van der Waals surface area contributed by atoms with Crippen LogP contribution >= 0.6 is 0 Å². The zero-order valence-electron chi connectivity index (χ0n) is 8.94. The summed E-state index contributed by atoms with van der Waals surface area (Å²) in [7, 11) is 1.96. The lowest BCUT2D eigenvalue weighted by Crippen LogP contribution is -2.17. The van der Waals surface area contributed by atoms with Crippen molar-refractivity contribution in [3.05, 3.63) is 24.3 Å². The number of para-hydroxylation sites is 2. The van der Waals surface area contributed by atoms with Gasteiger partial charge in [0.15, 0.2) is 0 Å². The van der Waals surface area contributed by atoms with E-state index in [-0.39, 0.29) is 6.10 Å². The van der Waals surface area contributed by atoms with Crippen molar-refractivity contribution < 1.29 is 5.11 Å². The summed E-state index contributed by atoms with van der Waals surface area (Å²) in [5.74, 6) is 0.789. The Morgan fingerprint density at radius 1 is 1.47 bits per heavy atom. The minimum atomic E-state index is -0.371. The number of rotatable bonds is 3. The van der Waals surface area contributed by atoms with Crippen molar-refractivity contribution in [1.82, 2.24) is 9.55 Å². The molecule has 0 saturated carbocycles. The Labute approximate surface area is 88.6 Å². The summed E-state index contributed by atoms with van der Waals surface area (Å²) in [5, 5.41) is 12.3. The Morgan fingerprint density at radius 3 is 2.87 bits per heavy atom. The molecule has 15 heavy (non-hydrogen) atoms. The number of benzene rings is 1. The molecule has 1 unspecified atom stereocenters. The molecule has 0 radical (unpaired) electrons. The number of fused-ring (bicyclic) bond motifs is 1. The van der Waals surface area contributed by atoms with Gasteiger partial charge in [-0.2, -0.15) is 0 Å². The number of hydrogen-bond acceptors (Lipinski definition) is 3. The number of aliphatic hydroxyl groups excluding tert-OH is 1. The highest BCUT2D eigenvalue weighted by atomic mass is 16.3. The van der Waals surface area contributed by atoms with E-state index in [0.717, 1.165) is 17.0 Å². The molecule has 2 rings (SSSR count). The van der Waals surface area contributed by atoms with Gasteiger partial charge in [0.25, 0.3) is 0 Å². The normalized spacial score (nSPS) is 13.0. The van der Waals surface area contributed by atoms with E-state index in [1.807, 2.05) is 35.9 Å². The van der Waals surface area contributed by atoms with E-state index in [9.17, 15) is 5.11 Å². The minimum absolute atomic E-state index is 0.371. The predicted octanol–water partition coefficient (Wildman–Crippen LogP) is 1.37. The van der Waals surface area contributed by atoms with Gasteiger partial charge in [-0.1, -0.05) is 12.1 Å². The maximum absolute atomic E-state index is 9.18. The number of aryl methyl sites for hydroxylation is 1. The third-order valence-electron chi connectivity index (χ3n) is 2.34. The summed E-state index contributed by atoms with van der Waals surface area (Å²) >= 11 is 0. The monoisotopic (exact) mass is 205 g/mol. The van der Waals surface area contributed by atoms with Crippen LogP contribution in [0, 0.1) is 0 Å². The number of aliphatic hydroxyl groups is 1. The van der Waals surface area contributed by atoms with E-state index in [4.69, 9.17) is 0 Å². The van der Waals surface area contributed by atoms with Crippen LogP contribution < -0.4 is 5.32 Å². The molecule has 1 atom stereocenters. The van der Waals surface area contributed by atoms with Crippen LogP contribution in [0.15, 0.2) is 24.3 Å². The van der Waals surface area contributed by atoms with E-state index < -0.39 is 0 Å². The molecule has 0 saturated heterocycles. The molecule has 0 aliphatic heterocycles. The Balaban J connectivity index is 2.32. The van der Waals surface area contributed by atoms with Crippen molar-refractivity contribution >= 4 is 17.0 Å². The van der Waals surface area contributed by atoms with E-state index in [0.29, 0.717) is 6.54 Å². The van der Waals surface area contributed by atoms with Crippen LogP contribution in [0.3, 0.4) is 0 Å². The summed E-state index contributed by atoms with van der Waals surface area (Å²) in [4.78, 5) is 4.42. The van der Waals surface area contributed by atoms with Gasteiger partial charge in [-0.3, -0.25) is 0 Å². The molecule has 4 nitrogen and oxygen atoms in total. The zero-order chi connectivity index (χ0) is 10.8. The molecule has 1 aromatic heterocycles. The fourth-order valence-corrected chi connectivity index (χ4v) is 1.54. The average Bonchev–Trinajstić information content (AvgIpc) is 2.54. The van der Waals surface area contributed by atoms with Crippen LogP contribution in [0.1, 0.15) is 6.92 Å². The second-order valence-electron chi connectivity index (χ2n) is 3.71. The minimum Gasteiger partial charge on any atom is -0.392 e. The average molecular weight is 205 g/mol. The first-order chi connectivity index (χ1) is 7.18. The van der Waals surface area contributed by atoms with Crippen molar-refractivity contribution in [2.75, 3.05) is 11.9 Å². The molecular formula is C11H15N3O. The highest BCUT2D eigenvalue weighted by molar-refractivity contribution is 5.78.